The standard InChI is InChI=1S/C20H19F3O.C7H11N3O/c1-13-8-14(2)10-18(9-13)19(20(21,22)23)7-5-16-4-6-17(12-24)15(3)11-16;1-8-4-6-9-10-7(11-6)5-2-3-5/h4-12,19H,1-3H3;5,8H,2-4H2,1H3/b7-5+;. The molecule has 3 aromatic rings. The fourth-order valence-electron chi connectivity index (χ4n) is 3.73. The first kappa shape index (κ1) is 26.3. The number of aromatic nitrogens is 2. The summed E-state index contributed by atoms with van der Waals surface area (Å²) < 4.78 is 45.8. The van der Waals surface area contributed by atoms with E-state index in [2.05, 4.69) is 15.5 Å². The SMILES string of the molecule is CNCc1nnc(C2CC2)o1.Cc1cc(C)cc(C(/C=C/c2ccc(C=O)c(C)c2)C(F)(F)F)c1. The maximum absolute atomic E-state index is 13.5. The van der Waals surface area contributed by atoms with Crippen LogP contribution in [0.5, 0.6) is 0 Å². The Labute approximate surface area is 203 Å². The van der Waals surface area contributed by atoms with E-state index in [4.69, 9.17) is 4.42 Å². The molecule has 1 aliphatic rings. The zero-order valence-corrected chi connectivity index (χ0v) is 20.3. The van der Waals surface area contributed by atoms with Crippen molar-refractivity contribution in [2.45, 2.75) is 58.2 Å². The van der Waals surface area contributed by atoms with Crippen LogP contribution in [0.15, 0.2) is 46.9 Å². The molecule has 1 N–H and O–H groups in total. The van der Waals surface area contributed by atoms with Gasteiger partial charge in [0, 0.05) is 11.5 Å². The molecule has 1 heterocycles. The van der Waals surface area contributed by atoms with E-state index in [1.165, 1.54) is 25.0 Å². The van der Waals surface area contributed by atoms with Gasteiger partial charge in [-0.15, -0.1) is 10.2 Å². The van der Waals surface area contributed by atoms with Crippen molar-refractivity contribution in [3.05, 3.63) is 87.6 Å². The van der Waals surface area contributed by atoms with Gasteiger partial charge in [-0.2, -0.15) is 13.2 Å². The normalized spacial score (nSPS) is 14.5. The van der Waals surface area contributed by atoms with Crippen molar-refractivity contribution < 1.29 is 22.4 Å². The van der Waals surface area contributed by atoms with E-state index >= 15 is 0 Å². The number of aryl methyl sites for hydroxylation is 3. The lowest BCUT2D eigenvalue weighted by Gasteiger charge is -2.18. The molecule has 4 rings (SSSR count). The van der Waals surface area contributed by atoms with E-state index in [0.29, 0.717) is 29.5 Å². The lowest BCUT2D eigenvalue weighted by atomic mass is 9.93. The molecule has 1 saturated carbocycles. The van der Waals surface area contributed by atoms with Crippen molar-refractivity contribution in [3.8, 4) is 0 Å². The molecule has 0 amide bonds. The van der Waals surface area contributed by atoms with E-state index in [1.54, 1.807) is 51.1 Å². The molecule has 5 nitrogen and oxygen atoms in total. The number of halogens is 3. The molecule has 1 fully saturated rings. The van der Waals surface area contributed by atoms with Crippen molar-refractivity contribution in [2.24, 2.45) is 0 Å². The molecular weight excluding hydrogens is 455 g/mol. The monoisotopic (exact) mass is 485 g/mol. The van der Waals surface area contributed by atoms with Crippen molar-refractivity contribution in [2.75, 3.05) is 7.05 Å². The van der Waals surface area contributed by atoms with Gasteiger partial charge in [-0.25, -0.2) is 0 Å². The van der Waals surface area contributed by atoms with E-state index in [1.807, 2.05) is 13.1 Å². The summed E-state index contributed by atoms with van der Waals surface area (Å²) in [6.45, 7) is 6.00. The number of benzene rings is 2. The fourth-order valence-corrected chi connectivity index (χ4v) is 3.73. The topological polar surface area (TPSA) is 68.0 Å². The third kappa shape index (κ3) is 7.62. The quantitative estimate of drug-likeness (QED) is 0.390. The fraction of sp³-hybridized carbons (Fsp3) is 0.370. The average Bonchev–Trinajstić information content (AvgIpc) is 3.52. The first-order valence-electron chi connectivity index (χ1n) is 11.5. The van der Waals surface area contributed by atoms with E-state index < -0.39 is 12.1 Å². The minimum Gasteiger partial charge on any atom is -0.424 e. The number of nitrogens with one attached hydrogen (secondary N) is 1. The molecule has 1 aromatic heterocycles. The summed E-state index contributed by atoms with van der Waals surface area (Å²) in [6.07, 6.45) is 1.41. The highest BCUT2D eigenvalue weighted by molar-refractivity contribution is 5.78. The summed E-state index contributed by atoms with van der Waals surface area (Å²) in [7, 11) is 1.86. The molecule has 0 bridgehead atoms. The van der Waals surface area contributed by atoms with E-state index in [9.17, 15) is 18.0 Å². The highest BCUT2D eigenvalue weighted by Gasteiger charge is 2.39. The number of hydrogen-bond acceptors (Lipinski definition) is 5. The average molecular weight is 486 g/mol. The molecule has 0 spiro atoms. The second kappa shape index (κ2) is 11.4. The summed E-state index contributed by atoms with van der Waals surface area (Å²) in [5, 5.41) is 10.8. The number of nitrogens with zero attached hydrogens (tertiary/aromatic N) is 2. The van der Waals surface area contributed by atoms with Gasteiger partial charge in [0.25, 0.3) is 0 Å². The summed E-state index contributed by atoms with van der Waals surface area (Å²) in [5.74, 6) is 0.403. The van der Waals surface area contributed by atoms with Crippen molar-refractivity contribution in [3.63, 3.8) is 0 Å². The van der Waals surface area contributed by atoms with Gasteiger partial charge in [0.15, 0.2) is 0 Å². The van der Waals surface area contributed by atoms with Crippen LogP contribution in [0.1, 0.15) is 74.6 Å². The molecule has 0 saturated heterocycles. The van der Waals surface area contributed by atoms with Crippen LogP contribution >= 0.6 is 0 Å². The Morgan fingerprint density at radius 3 is 2.31 bits per heavy atom. The van der Waals surface area contributed by atoms with E-state index in [0.717, 1.165) is 28.9 Å². The predicted molar refractivity (Wildman–Crippen MR) is 129 cm³/mol. The first-order chi connectivity index (χ1) is 16.6. The number of aldehydes is 1. The summed E-state index contributed by atoms with van der Waals surface area (Å²) in [5.41, 5.74) is 3.75. The lowest BCUT2D eigenvalue weighted by molar-refractivity contribution is -0.139. The Morgan fingerprint density at radius 1 is 1.09 bits per heavy atom. The van der Waals surface area contributed by atoms with Gasteiger partial charge in [0.1, 0.15) is 6.29 Å². The number of carbonyl (C=O) groups excluding carboxylic acids is 1. The van der Waals surface area contributed by atoms with Crippen LogP contribution in [0.3, 0.4) is 0 Å². The van der Waals surface area contributed by atoms with Crippen LogP contribution in [0.2, 0.25) is 0 Å². The van der Waals surface area contributed by atoms with Crippen molar-refractivity contribution >= 4 is 12.4 Å². The van der Waals surface area contributed by atoms with Crippen LogP contribution in [0.25, 0.3) is 6.08 Å². The first-order valence-corrected chi connectivity index (χ1v) is 11.5. The molecule has 1 aliphatic carbocycles. The zero-order chi connectivity index (χ0) is 25.6. The maximum Gasteiger partial charge on any atom is 0.399 e. The van der Waals surface area contributed by atoms with Gasteiger partial charge in [0.2, 0.25) is 11.8 Å². The molecule has 0 radical (unpaired) electrons. The van der Waals surface area contributed by atoms with Gasteiger partial charge in [0.05, 0.1) is 12.5 Å². The molecule has 35 heavy (non-hydrogen) atoms. The van der Waals surface area contributed by atoms with Crippen LogP contribution in [-0.2, 0) is 6.54 Å². The molecule has 186 valence electrons. The van der Waals surface area contributed by atoms with Crippen molar-refractivity contribution in [1.29, 1.82) is 0 Å². The maximum atomic E-state index is 13.5. The number of alkyl halides is 3. The minimum atomic E-state index is -4.37. The minimum absolute atomic E-state index is 0.234. The second-order valence-electron chi connectivity index (χ2n) is 8.87. The number of hydrogen-bond donors (Lipinski definition) is 1. The smallest absolute Gasteiger partial charge is 0.399 e. The Balaban J connectivity index is 0.000000256. The Hall–Kier alpha value is -3.26. The third-order valence-corrected chi connectivity index (χ3v) is 5.59. The van der Waals surface area contributed by atoms with Crippen LogP contribution < -0.4 is 5.32 Å². The zero-order valence-electron chi connectivity index (χ0n) is 20.3. The lowest BCUT2D eigenvalue weighted by Crippen LogP contribution is -2.19. The number of rotatable bonds is 7. The van der Waals surface area contributed by atoms with Gasteiger partial charge in [-0.1, -0.05) is 59.7 Å². The molecular formula is C27H30F3N3O2. The summed E-state index contributed by atoms with van der Waals surface area (Å²) in [6, 6.07) is 9.94. The Bertz CT molecular complexity index is 1160. The largest absolute Gasteiger partial charge is 0.424 e. The highest BCUT2D eigenvalue weighted by Crippen LogP contribution is 2.39. The van der Waals surface area contributed by atoms with Crippen LogP contribution in [-0.4, -0.2) is 29.7 Å². The molecule has 1 unspecified atom stereocenters. The Kier molecular flexibility index (Phi) is 8.62. The van der Waals surface area contributed by atoms with Gasteiger partial charge >= 0.3 is 6.18 Å². The van der Waals surface area contributed by atoms with Crippen LogP contribution in [0.4, 0.5) is 13.2 Å². The molecule has 8 heteroatoms. The summed E-state index contributed by atoms with van der Waals surface area (Å²) >= 11 is 0. The molecule has 2 aromatic carbocycles. The Morgan fingerprint density at radius 2 is 1.77 bits per heavy atom. The van der Waals surface area contributed by atoms with Crippen LogP contribution in [0, 0.1) is 20.8 Å². The summed E-state index contributed by atoms with van der Waals surface area (Å²) in [4.78, 5) is 10.8. The number of carbonyl (C=O) groups is 1. The second-order valence-corrected chi connectivity index (χ2v) is 8.87. The predicted octanol–water partition coefficient (Wildman–Crippen LogP) is 6.45. The highest BCUT2D eigenvalue weighted by atomic mass is 19.4. The molecule has 1 atom stereocenters. The van der Waals surface area contributed by atoms with Gasteiger partial charge < -0.3 is 9.73 Å². The van der Waals surface area contributed by atoms with E-state index in [-0.39, 0.29) is 5.56 Å². The molecule has 0 aliphatic heterocycles. The third-order valence-electron chi connectivity index (χ3n) is 5.59. The van der Waals surface area contributed by atoms with Crippen molar-refractivity contribution in [1.82, 2.24) is 15.5 Å². The van der Waals surface area contributed by atoms with Gasteiger partial charge in [-0.3, -0.25) is 4.79 Å². The number of allylic oxidation sites excluding steroid dienone is 1. The van der Waals surface area contributed by atoms with Gasteiger partial charge in [-0.05, 0) is 57.4 Å².